The van der Waals surface area contributed by atoms with Crippen LogP contribution in [0.3, 0.4) is 0 Å². The van der Waals surface area contributed by atoms with Crippen molar-refractivity contribution in [1.29, 1.82) is 0 Å². The molecule has 0 fully saturated rings. The van der Waals surface area contributed by atoms with E-state index >= 15 is 0 Å². The van der Waals surface area contributed by atoms with Crippen molar-refractivity contribution in [2.45, 2.75) is 20.0 Å². The smallest absolute Gasteiger partial charge is 0.334 e. The summed E-state index contributed by atoms with van der Waals surface area (Å²) >= 11 is 0. The van der Waals surface area contributed by atoms with E-state index < -0.39 is 18.0 Å². The second kappa shape index (κ2) is 7.08. The monoisotopic (exact) mass is 202 g/mol. The average molecular weight is 202 g/mol. The molecule has 1 unspecified atom stereocenters. The third-order valence-electron chi connectivity index (χ3n) is 1.22. The number of rotatable bonds is 5. The Kier molecular flexibility index (Phi) is 6.39. The molecule has 14 heavy (non-hydrogen) atoms. The third kappa shape index (κ3) is 6.19. The van der Waals surface area contributed by atoms with Crippen LogP contribution >= 0.6 is 0 Å². The fraction of sp³-hybridized carbons (Fsp3) is 0.556. The number of allylic oxidation sites excluding steroid dienone is 1. The van der Waals surface area contributed by atoms with Crippen LogP contribution < -0.4 is 0 Å². The lowest BCUT2D eigenvalue weighted by Gasteiger charge is -2.06. The zero-order chi connectivity index (χ0) is 11.0. The molecule has 0 saturated heterocycles. The summed E-state index contributed by atoms with van der Waals surface area (Å²) in [6.45, 7) is 2.93. The van der Waals surface area contributed by atoms with Gasteiger partial charge in [0.2, 0.25) is 0 Å². The predicted octanol–water partition coefficient (Wildman–Crippen LogP) is 0.0297. The molecule has 0 aromatic heterocycles. The normalized spacial score (nSPS) is 12.5. The summed E-state index contributed by atoms with van der Waals surface area (Å²) in [5.74, 6) is -1.22. The standard InChI is InChI=1S/C9H14O5/c1-3-4-8(11)13-5-6-14-9(12)7(2)10/h3-4,7,10H,5-6H2,1-2H3/b4-3+. The highest BCUT2D eigenvalue weighted by Crippen LogP contribution is 1.88. The number of esters is 2. The maximum Gasteiger partial charge on any atom is 0.334 e. The summed E-state index contributed by atoms with van der Waals surface area (Å²) in [4.78, 5) is 21.4. The molecule has 0 aromatic carbocycles. The first kappa shape index (κ1) is 12.6. The number of hydrogen-bond donors (Lipinski definition) is 1. The summed E-state index contributed by atoms with van der Waals surface area (Å²) in [7, 11) is 0. The van der Waals surface area contributed by atoms with Crippen molar-refractivity contribution in [2.24, 2.45) is 0 Å². The highest BCUT2D eigenvalue weighted by Gasteiger charge is 2.09. The van der Waals surface area contributed by atoms with Gasteiger partial charge in [-0.05, 0) is 13.8 Å². The minimum atomic E-state index is -1.15. The Bertz CT molecular complexity index is 219. The van der Waals surface area contributed by atoms with E-state index in [1.54, 1.807) is 13.0 Å². The van der Waals surface area contributed by atoms with Crippen molar-refractivity contribution in [3.05, 3.63) is 12.2 Å². The Labute approximate surface area is 82.3 Å². The van der Waals surface area contributed by atoms with Crippen LogP contribution in [-0.2, 0) is 19.1 Å². The Balaban J connectivity index is 3.47. The van der Waals surface area contributed by atoms with E-state index in [4.69, 9.17) is 5.11 Å². The number of hydrogen-bond acceptors (Lipinski definition) is 5. The van der Waals surface area contributed by atoms with Crippen LogP contribution in [0, 0.1) is 0 Å². The van der Waals surface area contributed by atoms with E-state index in [0.29, 0.717) is 0 Å². The minimum absolute atomic E-state index is 0.0123. The molecule has 5 heteroatoms. The van der Waals surface area contributed by atoms with Gasteiger partial charge in [-0.3, -0.25) is 0 Å². The summed E-state index contributed by atoms with van der Waals surface area (Å²) in [6.07, 6.45) is 1.65. The molecule has 1 N–H and O–H groups in total. The Hall–Kier alpha value is -1.36. The lowest BCUT2D eigenvalue weighted by Crippen LogP contribution is -2.21. The molecule has 0 saturated carbocycles. The third-order valence-corrected chi connectivity index (χ3v) is 1.22. The van der Waals surface area contributed by atoms with E-state index in [2.05, 4.69) is 9.47 Å². The molecular formula is C9H14O5. The average Bonchev–Trinajstić information content (AvgIpc) is 2.12. The van der Waals surface area contributed by atoms with Gasteiger partial charge in [0.25, 0.3) is 0 Å². The van der Waals surface area contributed by atoms with E-state index in [0.717, 1.165) is 0 Å². The Morgan fingerprint density at radius 3 is 2.43 bits per heavy atom. The topological polar surface area (TPSA) is 72.8 Å². The molecule has 0 rings (SSSR count). The van der Waals surface area contributed by atoms with Crippen molar-refractivity contribution in [3.63, 3.8) is 0 Å². The number of aliphatic hydroxyl groups is 1. The first-order chi connectivity index (χ1) is 6.57. The molecule has 0 heterocycles. The molecule has 0 spiro atoms. The van der Waals surface area contributed by atoms with Gasteiger partial charge in [-0.2, -0.15) is 0 Å². The summed E-state index contributed by atoms with van der Waals surface area (Å²) in [5.41, 5.74) is 0. The van der Waals surface area contributed by atoms with Crippen LogP contribution in [-0.4, -0.2) is 36.4 Å². The number of ether oxygens (including phenoxy) is 2. The fourth-order valence-electron chi connectivity index (χ4n) is 0.589. The second-order valence-electron chi connectivity index (χ2n) is 2.51. The minimum Gasteiger partial charge on any atom is -0.460 e. The molecule has 0 aromatic rings. The lowest BCUT2D eigenvalue weighted by molar-refractivity contribution is -0.156. The van der Waals surface area contributed by atoms with Crippen LogP contribution in [0.15, 0.2) is 12.2 Å². The maximum absolute atomic E-state index is 10.7. The molecule has 5 nitrogen and oxygen atoms in total. The SMILES string of the molecule is C/C=C/C(=O)OCCOC(=O)C(C)O. The van der Waals surface area contributed by atoms with E-state index in [1.165, 1.54) is 13.0 Å². The Morgan fingerprint density at radius 1 is 1.36 bits per heavy atom. The highest BCUT2D eigenvalue weighted by molar-refractivity contribution is 5.81. The van der Waals surface area contributed by atoms with Crippen molar-refractivity contribution in [2.75, 3.05) is 13.2 Å². The van der Waals surface area contributed by atoms with Gasteiger partial charge in [0.1, 0.15) is 19.3 Å². The number of aliphatic hydroxyl groups excluding tert-OH is 1. The zero-order valence-electron chi connectivity index (χ0n) is 8.23. The molecule has 0 aliphatic rings. The van der Waals surface area contributed by atoms with Gasteiger partial charge in [0.05, 0.1) is 0 Å². The van der Waals surface area contributed by atoms with Crippen LogP contribution in [0.1, 0.15) is 13.8 Å². The highest BCUT2D eigenvalue weighted by atomic mass is 16.6. The molecule has 0 bridgehead atoms. The summed E-state index contributed by atoms with van der Waals surface area (Å²) < 4.78 is 9.17. The number of carbonyl (C=O) groups excluding carboxylic acids is 2. The van der Waals surface area contributed by atoms with E-state index in [1.807, 2.05) is 0 Å². The molecule has 0 radical (unpaired) electrons. The summed E-state index contributed by atoms with van der Waals surface area (Å²) in [5, 5.41) is 8.72. The number of carbonyl (C=O) groups is 2. The van der Waals surface area contributed by atoms with Crippen LogP contribution in [0.4, 0.5) is 0 Å². The van der Waals surface area contributed by atoms with Gasteiger partial charge in [-0.1, -0.05) is 6.08 Å². The van der Waals surface area contributed by atoms with Crippen LogP contribution in [0.25, 0.3) is 0 Å². The Morgan fingerprint density at radius 2 is 1.93 bits per heavy atom. The molecule has 1 atom stereocenters. The van der Waals surface area contributed by atoms with E-state index in [9.17, 15) is 9.59 Å². The molecule has 80 valence electrons. The molecular weight excluding hydrogens is 188 g/mol. The van der Waals surface area contributed by atoms with Crippen molar-refractivity contribution < 1.29 is 24.2 Å². The van der Waals surface area contributed by atoms with Gasteiger partial charge >= 0.3 is 11.9 Å². The van der Waals surface area contributed by atoms with Crippen molar-refractivity contribution in [3.8, 4) is 0 Å². The van der Waals surface area contributed by atoms with Crippen LogP contribution in [0.5, 0.6) is 0 Å². The quantitative estimate of drug-likeness (QED) is 0.387. The first-order valence-electron chi connectivity index (χ1n) is 4.22. The molecule has 0 amide bonds. The van der Waals surface area contributed by atoms with Gasteiger partial charge in [0, 0.05) is 6.08 Å². The van der Waals surface area contributed by atoms with Gasteiger partial charge in [0.15, 0.2) is 0 Å². The molecule has 0 aliphatic heterocycles. The van der Waals surface area contributed by atoms with Gasteiger partial charge < -0.3 is 14.6 Å². The zero-order valence-corrected chi connectivity index (χ0v) is 8.23. The van der Waals surface area contributed by atoms with Crippen molar-refractivity contribution in [1.82, 2.24) is 0 Å². The predicted molar refractivity (Wildman–Crippen MR) is 48.4 cm³/mol. The van der Waals surface area contributed by atoms with Gasteiger partial charge in [-0.25, -0.2) is 9.59 Å². The first-order valence-corrected chi connectivity index (χ1v) is 4.22. The van der Waals surface area contributed by atoms with Gasteiger partial charge in [-0.15, -0.1) is 0 Å². The lowest BCUT2D eigenvalue weighted by atomic mass is 10.4. The maximum atomic E-state index is 10.7. The van der Waals surface area contributed by atoms with Crippen molar-refractivity contribution >= 4 is 11.9 Å². The largest absolute Gasteiger partial charge is 0.460 e. The second-order valence-corrected chi connectivity index (χ2v) is 2.51. The molecule has 0 aliphatic carbocycles. The van der Waals surface area contributed by atoms with Crippen LogP contribution in [0.2, 0.25) is 0 Å². The summed E-state index contributed by atoms with van der Waals surface area (Å²) in [6, 6.07) is 0. The fourth-order valence-corrected chi connectivity index (χ4v) is 0.589. The van der Waals surface area contributed by atoms with E-state index in [-0.39, 0.29) is 13.2 Å².